The molecular weight excluding hydrogens is 378 g/mol. The van der Waals surface area contributed by atoms with E-state index in [1.807, 2.05) is 12.1 Å². The summed E-state index contributed by atoms with van der Waals surface area (Å²) in [5, 5.41) is 3.52. The van der Waals surface area contributed by atoms with E-state index in [1.165, 1.54) is 7.11 Å². The fourth-order valence-corrected chi connectivity index (χ4v) is 3.63. The minimum Gasteiger partial charge on any atom is -0.497 e. The Morgan fingerprint density at radius 1 is 1.07 bits per heavy atom. The van der Waals surface area contributed by atoms with E-state index >= 15 is 0 Å². The summed E-state index contributed by atoms with van der Waals surface area (Å²) < 4.78 is 10.5. The fourth-order valence-electron chi connectivity index (χ4n) is 3.33. The summed E-state index contributed by atoms with van der Waals surface area (Å²) in [4.78, 5) is 17.4. The maximum absolute atomic E-state index is 12.7. The predicted molar refractivity (Wildman–Crippen MR) is 113 cm³/mol. The van der Waals surface area contributed by atoms with Gasteiger partial charge < -0.3 is 24.6 Å². The molecule has 1 amide bonds. The number of amides is 1. The van der Waals surface area contributed by atoms with E-state index in [0.29, 0.717) is 27.8 Å². The van der Waals surface area contributed by atoms with Crippen molar-refractivity contribution in [2.75, 3.05) is 57.2 Å². The van der Waals surface area contributed by atoms with Crippen molar-refractivity contribution >= 4 is 28.9 Å². The molecule has 6 nitrogen and oxygen atoms in total. The highest BCUT2D eigenvalue weighted by atomic mass is 35.5. The number of halogens is 1. The maximum atomic E-state index is 12.7. The van der Waals surface area contributed by atoms with Crippen molar-refractivity contribution in [1.82, 2.24) is 4.90 Å². The second-order valence-electron chi connectivity index (χ2n) is 6.61. The minimum absolute atomic E-state index is 0.264. The number of hydrogen-bond acceptors (Lipinski definition) is 5. The molecule has 0 spiro atoms. The van der Waals surface area contributed by atoms with Crippen LogP contribution in [0.15, 0.2) is 36.4 Å². The van der Waals surface area contributed by atoms with Gasteiger partial charge in [0, 0.05) is 37.9 Å². The molecule has 0 aromatic heterocycles. The summed E-state index contributed by atoms with van der Waals surface area (Å²) in [7, 11) is 3.09. The van der Waals surface area contributed by atoms with E-state index in [1.54, 1.807) is 31.4 Å². The van der Waals surface area contributed by atoms with Gasteiger partial charge in [-0.2, -0.15) is 0 Å². The molecule has 0 bridgehead atoms. The molecule has 2 aromatic rings. The molecule has 0 unspecified atom stereocenters. The minimum atomic E-state index is -0.264. The van der Waals surface area contributed by atoms with Gasteiger partial charge in [-0.25, -0.2) is 0 Å². The number of carbonyl (C=O) groups excluding carboxylic acids is 1. The highest BCUT2D eigenvalue weighted by Gasteiger charge is 2.19. The van der Waals surface area contributed by atoms with Crippen molar-refractivity contribution in [3.05, 3.63) is 47.0 Å². The van der Waals surface area contributed by atoms with Crippen molar-refractivity contribution in [1.29, 1.82) is 0 Å². The maximum Gasteiger partial charge on any atom is 0.259 e. The molecule has 1 heterocycles. The molecule has 7 heteroatoms. The standard InChI is InChI=1S/C21H26ClN3O3/c1-4-24-9-11-25(12-10-24)19-8-5-15(13-18(19)22)23-21(26)17-7-6-16(27-2)14-20(17)28-3/h5-8,13-14H,4,9-12H2,1-3H3,(H,23,26). The van der Waals surface area contributed by atoms with Crippen LogP contribution in [0.4, 0.5) is 11.4 Å². The van der Waals surface area contributed by atoms with Crippen LogP contribution in [0.2, 0.25) is 5.02 Å². The summed E-state index contributed by atoms with van der Waals surface area (Å²) in [6.07, 6.45) is 0. The van der Waals surface area contributed by atoms with Gasteiger partial charge in [-0.3, -0.25) is 4.79 Å². The van der Waals surface area contributed by atoms with Crippen LogP contribution in [0, 0.1) is 0 Å². The first-order valence-corrected chi connectivity index (χ1v) is 9.73. The van der Waals surface area contributed by atoms with E-state index < -0.39 is 0 Å². The number of piperazine rings is 1. The number of anilines is 2. The first-order valence-electron chi connectivity index (χ1n) is 9.36. The van der Waals surface area contributed by atoms with Gasteiger partial charge in [0.2, 0.25) is 0 Å². The van der Waals surface area contributed by atoms with E-state index in [4.69, 9.17) is 21.1 Å². The molecule has 2 aromatic carbocycles. The molecule has 3 rings (SSSR count). The molecule has 1 saturated heterocycles. The van der Waals surface area contributed by atoms with Crippen LogP contribution in [0.3, 0.4) is 0 Å². The Kier molecular flexibility index (Phi) is 6.65. The van der Waals surface area contributed by atoms with Gasteiger partial charge in [-0.15, -0.1) is 0 Å². The summed E-state index contributed by atoms with van der Waals surface area (Å²) in [6.45, 7) is 7.20. The molecule has 0 radical (unpaired) electrons. The summed E-state index contributed by atoms with van der Waals surface area (Å²) in [5.41, 5.74) is 2.07. The number of nitrogens with zero attached hydrogens (tertiary/aromatic N) is 2. The van der Waals surface area contributed by atoms with E-state index in [2.05, 4.69) is 22.0 Å². The zero-order chi connectivity index (χ0) is 20.1. The molecule has 0 atom stereocenters. The Hall–Kier alpha value is -2.44. The average molecular weight is 404 g/mol. The Bertz CT molecular complexity index is 836. The number of nitrogens with one attached hydrogen (secondary N) is 1. The normalized spacial score (nSPS) is 14.6. The Balaban J connectivity index is 1.72. The smallest absolute Gasteiger partial charge is 0.259 e. The lowest BCUT2D eigenvalue weighted by molar-refractivity contribution is 0.102. The third kappa shape index (κ3) is 4.51. The average Bonchev–Trinajstić information content (AvgIpc) is 2.73. The number of ether oxygens (including phenoxy) is 2. The molecule has 1 N–H and O–H groups in total. The molecular formula is C21H26ClN3O3. The SMILES string of the molecule is CCN1CCN(c2ccc(NC(=O)c3ccc(OC)cc3OC)cc2Cl)CC1. The van der Waals surface area contributed by atoms with Crippen molar-refractivity contribution in [2.24, 2.45) is 0 Å². The number of hydrogen-bond donors (Lipinski definition) is 1. The van der Waals surface area contributed by atoms with E-state index in [-0.39, 0.29) is 5.91 Å². The Morgan fingerprint density at radius 3 is 2.43 bits per heavy atom. The second-order valence-corrected chi connectivity index (χ2v) is 7.02. The van der Waals surface area contributed by atoms with Gasteiger partial charge in [0.25, 0.3) is 5.91 Å². The van der Waals surface area contributed by atoms with Gasteiger partial charge >= 0.3 is 0 Å². The van der Waals surface area contributed by atoms with Crippen molar-refractivity contribution in [3.8, 4) is 11.5 Å². The summed E-state index contributed by atoms with van der Waals surface area (Å²) in [5.74, 6) is 0.817. The molecule has 1 fully saturated rings. The summed E-state index contributed by atoms with van der Waals surface area (Å²) >= 11 is 6.51. The van der Waals surface area contributed by atoms with Gasteiger partial charge in [0.15, 0.2) is 0 Å². The number of benzene rings is 2. The third-order valence-corrected chi connectivity index (χ3v) is 5.32. The van der Waals surface area contributed by atoms with Gasteiger partial charge in [-0.05, 0) is 36.9 Å². The highest BCUT2D eigenvalue weighted by Crippen LogP contribution is 2.31. The topological polar surface area (TPSA) is 54.0 Å². The fraction of sp³-hybridized carbons (Fsp3) is 0.381. The van der Waals surface area contributed by atoms with Gasteiger partial charge in [-0.1, -0.05) is 18.5 Å². The van der Waals surface area contributed by atoms with Crippen LogP contribution in [0.1, 0.15) is 17.3 Å². The highest BCUT2D eigenvalue weighted by molar-refractivity contribution is 6.33. The first kappa shape index (κ1) is 20.3. The van der Waals surface area contributed by atoms with Crippen LogP contribution >= 0.6 is 11.6 Å². The molecule has 1 aliphatic heterocycles. The largest absolute Gasteiger partial charge is 0.497 e. The van der Waals surface area contributed by atoms with Crippen LogP contribution in [0.5, 0.6) is 11.5 Å². The zero-order valence-electron chi connectivity index (χ0n) is 16.5. The molecule has 150 valence electrons. The van der Waals surface area contributed by atoms with Crippen molar-refractivity contribution in [2.45, 2.75) is 6.92 Å². The zero-order valence-corrected chi connectivity index (χ0v) is 17.3. The number of carbonyl (C=O) groups is 1. The monoisotopic (exact) mass is 403 g/mol. The van der Waals surface area contributed by atoms with Crippen molar-refractivity contribution < 1.29 is 14.3 Å². The van der Waals surface area contributed by atoms with E-state index in [0.717, 1.165) is 38.4 Å². The lowest BCUT2D eigenvalue weighted by Gasteiger charge is -2.36. The van der Waals surface area contributed by atoms with Crippen LogP contribution < -0.4 is 19.7 Å². The predicted octanol–water partition coefficient (Wildman–Crippen LogP) is 3.75. The van der Waals surface area contributed by atoms with Crippen LogP contribution in [-0.2, 0) is 0 Å². The Labute approximate surface area is 171 Å². The quantitative estimate of drug-likeness (QED) is 0.796. The van der Waals surface area contributed by atoms with Crippen LogP contribution in [0.25, 0.3) is 0 Å². The van der Waals surface area contributed by atoms with Crippen molar-refractivity contribution in [3.63, 3.8) is 0 Å². The third-order valence-electron chi connectivity index (χ3n) is 5.02. The van der Waals surface area contributed by atoms with Crippen LogP contribution in [-0.4, -0.2) is 57.8 Å². The Morgan fingerprint density at radius 2 is 1.82 bits per heavy atom. The molecule has 28 heavy (non-hydrogen) atoms. The lowest BCUT2D eigenvalue weighted by atomic mass is 10.1. The second kappa shape index (κ2) is 9.17. The number of rotatable bonds is 6. The van der Waals surface area contributed by atoms with E-state index in [9.17, 15) is 4.79 Å². The number of methoxy groups -OCH3 is 2. The van der Waals surface area contributed by atoms with Gasteiger partial charge in [0.05, 0.1) is 30.5 Å². The molecule has 1 aliphatic rings. The van der Waals surface area contributed by atoms with Gasteiger partial charge in [0.1, 0.15) is 11.5 Å². The summed E-state index contributed by atoms with van der Waals surface area (Å²) in [6, 6.07) is 10.7. The first-order chi connectivity index (χ1) is 13.5. The number of likely N-dealkylation sites (N-methyl/N-ethyl adjacent to an activating group) is 1. The lowest BCUT2D eigenvalue weighted by Crippen LogP contribution is -2.46. The molecule has 0 saturated carbocycles. The molecule has 0 aliphatic carbocycles.